The molecule has 0 atom stereocenters. The van der Waals surface area contributed by atoms with Gasteiger partial charge in [0.15, 0.2) is 0 Å². The predicted octanol–water partition coefficient (Wildman–Crippen LogP) is 6.66. The maximum absolute atomic E-state index is 13.2. The van der Waals surface area contributed by atoms with Crippen LogP contribution in [0.1, 0.15) is 47.6 Å². The highest BCUT2D eigenvalue weighted by Gasteiger charge is 2.23. The first-order valence-corrected chi connectivity index (χ1v) is 11.4. The number of aryl methyl sites for hydroxylation is 1. The van der Waals surface area contributed by atoms with Crippen LogP contribution in [-0.4, -0.2) is 18.0 Å². The summed E-state index contributed by atoms with van der Waals surface area (Å²) in [6.07, 6.45) is 7.08. The SMILES string of the molecule is C=CC(=C)/C(=C/C)c1cc(C(=C)N2CCC(Cc3ccc(F)cc3)CC2)c(CN)cc1C. The van der Waals surface area contributed by atoms with Crippen molar-refractivity contribution in [2.45, 2.75) is 39.7 Å². The smallest absolute Gasteiger partial charge is 0.123 e. The Morgan fingerprint density at radius 1 is 1.12 bits per heavy atom. The van der Waals surface area contributed by atoms with Gasteiger partial charge in [0.1, 0.15) is 5.82 Å². The summed E-state index contributed by atoms with van der Waals surface area (Å²) in [5, 5.41) is 0. The molecule has 2 N–H and O–H groups in total. The third-order valence-electron chi connectivity index (χ3n) is 6.59. The Hall–Kier alpha value is -2.91. The number of likely N-dealkylation sites (tertiary alicyclic amines) is 1. The molecule has 1 heterocycles. The lowest BCUT2D eigenvalue weighted by molar-refractivity contribution is 0.254. The van der Waals surface area contributed by atoms with Gasteiger partial charge >= 0.3 is 0 Å². The lowest BCUT2D eigenvalue weighted by Gasteiger charge is -2.35. The molecule has 0 aromatic heterocycles. The van der Waals surface area contributed by atoms with Crippen molar-refractivity contribution in [1.29, 1.82) is 0 Å². The van der Waals surface area contributed by atoms with E-state index in [4.69, 9.17) is 5.73 Å². The Morgan fingerprint density at radius 3 is 2.34 bits per heavy atom. The van der Waals surface area contributed by atoms with E-state index in [-0.39, 0.29) is 5.82 Å². The van der Waals surface area contributed by atoms with E-state index in [2.05, 4.69) is 49.8 Å². The van der Waals surface area contributed by atoms with E-state index in [0.717, 1.165) is 65.9 Å². The summed E-state index contributed by atoms with van der Waals surface area (Å²) < 4.78 is 13.2. The fraction of sp³-hybridized carbons (Fsp3) is 0.310. The van der Waals surface area contributed by atoms with Crippen molar-refractivity contribution in [3.63, 3.8) is 0 Å². The molecule has 2 nitrogen and oxygen atoms in total. The molecule has 0 aliphatic carbocycles. The second-order valence-corrected chi connectivity index (χ2v) is 8.67. The quantitative estimate of drug-likeness (QED) is 0.474. The molecule has 1 fully saturated rings. The maximum Gasteiger partial charge on any atom is 0.123 e. The Bertz CT molecular complexity index is 1020. The van der Waals surface area contributed by atoms with Gasteiger partial charge in [0.05, 0.1) is 0 Å². The van der Waals surface area contributed by atoms with Crippen LogP contribution in [0.3, 0.4) is 0 Å². The molecule has 1 aliphatic heterocycles. The fourth-order valence-corrected chi connectivity index (χ4v) is 4.65. The molecule has 3 heteroatoms. The topological polar surface area (TPSA) is 29.3 Å². The van der Waals surface area contributed by atoms with Gasteiger partial charge in [-0.3, -0.25) is 0 Å². The summed E-state index contributed by atoms with van der Waals surface area (Å²) in [7, 11) is 0. The molecule has 1 aliphatic rings. The zero-order valence-corrected chi connectivity index (χ0v) is 19.5. The number of allylic oxidation sites excluding steroid dienone is 4. The largest absolute Gasteiger partial charge is 0.372 e. The van der Waals surface area contributed by atoms with Crippen LogP contribution in [0.2, 0.25) is 0 Å². The van der Waals surface area contributed by atoms with E-state index in [0.29, 0.717) is 12.5 Å². The van der Waals surface area contributed by atoms with Crippen molar-refractivity contribution in [1.82, 2.24) is 4.90 Å². The molecule has 1 saturated heterocycles. The minimum absolute atomic E-state index is 0.175. The zero-order valence-electron chi connectivity index (χ0n) is 19.5. The van der Waals surface area contributed by atoms with E-state index in [1.807, 2.05) is 19.1 Å². The van der Waals surface area contributed by atoms with Crippen molar-refractivity contribution >= 4 is 11.3 Å². The van der Waals surface area contributed by atoms with Crippen molar-refractivity contribution in [2.24, 2.45) is 11.7 Å². The Labute approximate surface area is 192 Å². The van der Waals surface area contributed by atoms with Crippen LogP contribution in [-0.2, 0) is 13.0 Å². The van der Waals surface area contributed by atoms with Crippen LogP contribution in [0.15, 0.2) is 73.9 Å². The molecular weight excluding hydrogens is 395 g/mol. The summed E-state index contributed by atoms with van der Waals surface area (Å²) >= 11 is 0. The van der Waals surface area contributed by atoms with Gasteiger partial charge in [-0.2, -0.15) is 0 Å². The number of piperidine rings is 1. The average molecular weight is 431 g/mol. The number of benzene rings is 2. The van der Waals surface area contributed by atoms with Gasteiger partial charge in [-0.15, -0.1) is 0 Å². The number of halogens is 1. The van der Waals surface area contributed by atoms with Crippen molar-refractivity contribution in [2.75, 3.05) is 13.1 Å². The van der Waals surface area contributed by atoms with Gasteiger partial charge in [-0.1, -0.05) is 50.1 Å². The standard InChI is InChI=1S/C29H35FN2/c1-6-20(3)27(7-2)28-18-29(25(19-31)16-21(28)4)22(5)32-14-12-24(13-15-32)17-23-8-10-26(30)11-9-23/h6-11,16,18,24H,1,3,5,12-15,17,19,31H2,2,4H3/b27-7-. The van der Waals surface area contributed by atoms with E-state index < -0.39 is 0 Å². The molecule has 0 radical (unpaired) electrons. The fourth-order valence-electron chi connectivity index (χ4n) is 4.65. The van der Waals surface area contributed by atoms with E-state index >= 15 is 0 Å². The first-order chi connectivity index (χ1) is 15.4. The van der Waals surface area contributed by atoms with Crippen molar-refractivity contribution in [3.05, 3.63) is 107 Å². The van der Waals surface area contributed by atoms with Gasteiger partial charge in [-0.25, -0.2) is 4.39 Å². The van der Waals surface area contributed by atoms with Crippen LogP contribution in [0, 0.1) is 18.7 Å². The molecule has 2 aromatic carbocycles. The summed E-state index contributed by atoms with van der Waals surface area (Å²) in [4.78, 5) is 2.38. The lowest BCUT2D eigenvalue weighted by atomic mass is 9.88. The van der Waals surface area contributed by atoms with E-state index in [1.165, 1.54) is 11.1 Å². The number of hydrogen-bond donors (Lipinski definition) is 1. The summed E-state index contributed by atoms with van der Waals surface area (Å²) in [5.41, 5.74) is 14.9. The Kier molecular flexibility index (Phi) is 7.87. The molecular formula is C29H35FN2. The van der Waals surface area contributed by atoms with Crippen LogP contribution >= 0.6 is 0 Å². The number of hydrogen-bond acceptors (Lipinski definition) is 2. The molecule has 0 spiro atoms. The summed E-state index contributed by atoms with van der Waals surface area (Å²) in [6, 6.07) is 11.3. The average Bonchev–Trinajstić information content (AvgIpc) is 2.81. The van der Waals surface area contributed by atoms with Gasteiger partial charge < -0.3 is 10.6 Å². The van der Waals surface area contributed by atoms with Gasteiger partial charge in [-0.05, 0) is 90.6 Å². The van der Waals surface area contributed by atoms with Crippen LogP contribution < -0.4 is 5.73 Å². The highest BCUT2D eigenvalue weighted by molar-refractivity contribution is 5.84. The summed E-state index contributed by atoms with van der Waals surface area (Å²) in [6.45, 7) is 19.1. The molecule has 2 aromatic rings. The molecule has 0 amide bonds. The highest BCUT2D eigenvalue weighted by atomic mass is 19.1. The minimum atomic E-state index is -0.175. The molecule has 32 heavy (non-hydrogen) atoms. The first kappa shape index (κ1) is 23.7. The lowest BCUT2D eigenvalue weighted by Crippen LogP contribution is -2.33. The molecule has 0 unspecified atom stereocenters. The first-order valence-electron chi connectivity index (χ1n) is 11.4. The Morgan fingerprint density at radius 2 is 1.78 bits per heavy atom. The van der Waals surface area contributed by atoms with E-state index in [9.17, 15) is 4.39 Å². The summed E-state index contributed by atoms with van der Waals surface area (Å²) in [5.74, 6) is 0.434. The molecule has 3 rings (SSSR count). The third kappa shape index (κ3) is 5.28. The second-order valence-electron chi connectivity index (χ2n) is 8.67. The second kappa shape index (κ2) is 10.6. The van der Waals surface area contributed by atoms with Crippen LogP contribution in [0.4, 0.5) is 4.39 Å². The molecule has 0 bridgehead atoms. The van der Waals surface area contributed by atoms with Gasteiger partial charge in [0, 0.05) is 30.9 Å². The third-order valence-corrected chi connectivity index (χ3v) is 6.59. The van der Waals surface area contributed by atoms with Gasteiger partial charge in [0.2, 0.25) is 0 Å². The predicted molar refractivity (Wildman–Crippen MR) is 135 cm³/mol. The normalized spacial score (nSPS) is 15.0. The molecule has 0 saturated carbocycles. The number of nitrogens with zero attached hydrogens (tertiary/aromatic N) is 1. The number of rotatable bonds is 8. The van der Waals surface area contributed by atoms with Crippen molar-refractivity contribution < 1.29 is 4.39 Å². The Balaban J connectivity index is 1.77. The van der Waals surface area contributed by atoms with Crippen LogP contribution in [0.25, 0.3) is 11.3 Å². The van der Waals surface area contributed by atoms with Crippen molar-refractivity contribution in [3.8, 4) is 0 Å². The van der Waals surface area contributed by atoms with E-state index in [1.54, 1.807) is 18.2 Å². The van der Waals surface area contributed by atoms with Crippen LogP contribution in [0.5, 0.6) is 0 Å². The highest BCUT2D eigenvalue weighted by Crippen LogP contribution is 2.33. The number of nitrogens with two attached hydrogens (primary N) is 1. The zero-order chi connectivity index (χ0) is 23.3. The molecule has 168 valence electrons. The monoisotopic (exact) mass is 430 g/mol. The minimum Gasteiger partial charge on any atom is -0.372 e. The van der Waals surface area contributed by atoms with Gasteiger partial charge in [0.25, 0.3) is 0 Å². The maximum atomic E-state index is 13.2.